The van der Waals surface area contributed by atoms with Crippen molar-refractivity contribution in [3.8, 4) is 29.0 Å². The Hall–Kier alpha value is -3.51. The molecule has 1 amide bonds. The van der Waals surface area contributed by atoms with Crippen molar-refractivity contribution in [3.63, 3.8) is 0 Å². The SMILES string of the molecule is N#Cc1ccc(NC(=O)CSc2nnc(-c3ccc4c(c3)OCO4)o2)cc1. The molecule has 0 aliphatic carbocycles. The number of hydrogen-bond acceptors (Lipinski definition) is 8. The number of carbonyl (C=O) groups is 1. The molecule has 134 valence electrons. The lowest BCUT2D eigenvalue weighted by atomic mass is 10.2. The minimum Gasteiger partial charge on any atom is -0.454 e. The standard InChI is InChI=1S/C18H12N4O4S/c19-8-11-1-4-13(5-2-11)20-16(23)9-27-18-22-21-17(26-18)12-3-6-14-15(7-12)25-10-24-14/h1-7H,9-10H2,(H,20,23). The van der Waals surface area contributed by atoms with Crippen LogP contribution in [-0.2, 0) is 4.79 Å². The van der Waals surface area contributed by atoms with E-state index in [1.807, 2.05) is 6.07 Å². The summed E-state index contributed by atoms with van der Waals surface area (Å²) in [6.45, 7) is 0.193. The fourth-order valence-electron chi connectivity index (χ4n) is 2.37. The Kier molecular flexibility index (Phi) is 4.63. The molecule has 0 saturated carbocycles. The first-order valence-corrected chi connectivity index (χ1v) is 8.86. The summed E-state index contributed by atoms with van der Waals surface area (Å²) in [7, 11) is 0. The van der Waals surface area contributed by atoms with Gasteiger partial charge in [0, 0.05) is 11.3 Å². The molecule has 0 bridgehead atoms. The van der Waals surface area contributed by atoms with Crippen LogP contribution in [0.4, 0.5) is 5.69 Å². The number of ether oxygens (including phenoxy) is 2. The first-order chi connectivity index (χ1) is 13.2. The van der Waals surface area contributed by atoms with Crippen molar-refractivity contribution in [1.82, 2.24) is 10.2 Å². The highest BCUT2D eigenvalue weighted by molar-refractivity contribution is 7.99. The van der Waals surface area contributed by atoms with Crippen LogP contribution in [0.3, 0.4) is 0 Å². The summed E-state index contributed by atoms with van der Waals surface area (Å²) in [5.74, 6) is 1.54. The number of benzene rings is 2. The molecule has 1 aliphatic heterocycles. The van der Waals surface area contributed by atoms with Crippen molar-refractivity contribution < 1.29 is 18.7 Å². The second kappa shape index (κ2) is 7.39. The number of hydrogen-bond donors (Lipinski definition) is 1. The molecule has 1 N–H and O–H groups in total. The number of fused-ring (bicyclic) bond motifs is 1. The first-order valence-electron chi connectivity index (χ1n) is 7.87. The molecule has 2 heterocycles. The highest BCUT2D eigenvalue weighted by Gasteiger charge is 2.17. The summed E-state index contributed by atoms with van der Waals surface area (Å²) in [5.41, 5.74) is 1.86. The number of thioether (sulfide) groups is 1. The van der Waals surface area contributed by atoms with Gasteiger partial charge in [0.15, 0.2) is 11.5 Å². The Labute approximate surface area is 158 Å². The Morgan fingerprint density at radius 3 is 2.78 bits per heavy atom. The van der Waals surface area contributed by atoms with E-state index in [2.05, 4.69) is 15.5 Å². The average Bonchev–Trinajstić information content (AvgIpc) is 3.35. The second-order valence-electron chi connectivity index (χ2n) is 5.47. The van der Waals surface area contributed by atoms with Gasteiger partial charge < -0.3 is 19.2 Å². The quantitative estimate of drug-likeness (QED) is 0.673. The first kappa shape index (κ1) is 16.9. The zero-order valence-electron chi connectivity index (χ0n) is 13.8. The maximum absolute atomic E-state index is 12.0. The molecule has 1 aliphatic rings. The van der Waals surface area contributed by atoms with Crippen molar-refractivity contribution in [1.29, 1.82) is 5.26 Å². The molecule has 1 aromatic heterocycles. The third-order valence-electron chi connectivity index (χ3n) is 3.65. The number of nitriles is 1. The van der Waals surface area contributed by atoms with Gasteiger partial charge in [0.25, 0.3) is 5.22 Å². The van der Waals surface area contributed by atoms with Gasteiger partial charge in [0.2, 0.25) is 18.6 Å². The van der Waals surface area contributed by atoms with E-state index in [-0.39, 0.29) is 23.7 Å². The smallest absolute Gasteiger partial charge is 0.277 e. The van der Waals surface area contributed by atoms with E-state index in [1.165, 1.54) is 0 Å². The molecule has 0 saturated heterocycles. The lowest BCUT2D eigenvalue weighted by molar-refractivity contribution is -0.113. The number of carbonyl (C=O) groups excluding carboxylic acids is 1. The van der Waals surface area contributed by atoms with Crippen LogP contribution in [0.15, 0.2) is 52.1 Å². The summed E-state index contributed by atoms with van der Waals surface area (Å²) in [4.78, 5) is 12.0. The molecule has 2 aromatic carbocycles. The molecule has 8 nitrogen and oxygen atoms in total. The average molecular weight is 380 g/mol. The van der Waals surface area contributed by atoms with Gasteiger partial charge in [-0.3, -0.25) is 4.79 Å². The van der Waals surface area contributed by atoms with Gasteiger partial charge in [-0.15, -0.1) is 10.2 Å². The fourth-order valence-corrected chi connectivity index (χ4v) is 2.93. The lowest BCUT2D eigenvalue weighted by Gasteiger charge is -2.03. The Morgan fingerprint density at radius 2 is 1.96 bits per heavy atom. The van der Waals surface area contributed by atoms with Gasteiger partial charge in [-0.1, -0.05) is 11.8 Å². The predicted octanol–water partition coefficient (Wildman–Crippen LogP) is 3.07. The zero-order valence-corrected chi connectivity index (χ0v) is 14.7. The van der Waals surface area contributed by atoms with Crippen LogP contribution >= 0.6 is 11.8 Å². The summed E-state index contributed by atoms with van der Waals surface area (Å²) < 4.78 is 16.2. The molecule has 0 fully saturated rings. The van der Waals surface area contributed by atoms with Gasteiger partial charge in [0.05, 0.1) is 17.4 Å². The van der Waals surface area contributed by atoms with Gasteiger partial charge in [0.1, 0.15) is 0 Å². The number of amides is 1. The number of anilines is 1. The molecular formula is C18H12N4O4S. The summed E-state index contributed by atoms with van der Waals surface area (Å²) in [5, 5.41) is 19.7. The number of rotatable bonds is 5. The van der Waals surface area contributed by atoms with Gasteiger partial charge in [-0.05, 0) is 42.5 Å². The molecule has 4 rings (SSSR count). The third kappa shape index (κ3) is 3.86. The van der Waals surface area contributed by atoms with Crippen LogP contribution in [0.25, 0.3) is 11.5 Å². The molecule has 0 radical (unpaired) electrons. The van der Waals surface area contributed by atoms with Crippen molar-refractivity contribution in [2.75, 3.05) is 17.9 Å². The molecule has 9 heteroatoms. The largest absolute Gasteiger partial charge is 0.454 e. The summed E-state index contributed by atoms with van der Waals surface area (Å²) in [6.07, 6.45) is 0. The van der Waals surface area contributed by atoms with Crippen LogP contribution in [-0.4, -0.2) is 28.7 Å². The molecule has 0 unspecified atom stereocenters. The Bertz CT molecular complexity index is 1030. The number of nitrogens with zero attached hydrogens (tertiary/aromatic N) is 3. The second-order valence-corrected chi connectivity index (χ2v) is 6.39. The van der Waals surface area contributed by atoms with Gasteiger partial charge in [-0.2, -0.15) is 5.26 Å². The summed E-state index contributed by atoms with van der Waals surface area (Å²) in [6, 6.07) is 14.0. The van der Waals surface area contributed by atoms with Crippen molar-refractivity contribution in [2.24, 2.45) is 0 Å². The predicted molar refractivity (Wildman–Crippen MR) is 96.4 cm³/mol. The minimum absolute atomic E-state index is 0.114. The molecule has 27 heavy (non-hydrogen) atoms. The highest BCUT2D eigenvalue weighted by atomic mass is 32.2. The van der Waals surface area contributed by atoms with E-state index < -0.39 is 0 Å². The van der Waals surface area contributed by atoms with E-state index in [9.17, 15) is 4.79 Å². The molecule has 0 atom stereocenters. The maximum atomic E-state index is 12.0. The van der Waals surface area contributed by atoms with Gasteiger partial charge >= 0.3 is 0 Å². The van der Waals surface area contributed by atoms with Crippen LogP contribution in [0, 0.1) is 11.3 Å². The van der Waals surface area contributed by atoms with E-state index >= 15 is 0 Å². The Morgan fingerprint density at radius 1 is 1.15 bits per heavy atom. The fraction of sp³-hybridized carbons (Fsp3) is 0.111. The lowest BCUT2D eigenvalue weighted by Crippen LogP contribution is -2.13. The minimum atomic E-state index is -0.215. The van der Waals surface area contributed by atoms with E-state index in [4.69, 9.17) is 19.2 Å². The monoisotopic (exact) mass is 380 g/mol. The molecule has 0 spiro atoms. The van der Waals surface area contributed by atoms with E-state index in [1.54, 1.807) is 42.5 Å². The number of aromatic nitrogens is 2. The van der Waals surface area contributed by atoms with Crippen molar-refractivity contribution in [3.05, 3.63) is 48.0 Å². The van der Waals surface area contributed by atoms with Gasteiger partial charge in [-0.25, -0.2) is 0 Å². The van der Waals surface area contributed by atoms with E-state index in [0.29, 0.717) is 34.2 Å². The van der Waals surface area contributed by atoms with Crippen LogP contribution in [0.2, 0.25) is 0 Å². The highest BCUT2D eigenvalue weighted by Crippen LogP contribution is 2.36. The number of nitrogens with one attached hydrogen (secondary N) is 1. The zero-order chi connectivity index (χ0) is 18.6. The normalized spacial score (nSPS) is 11.8. The van der Waals surface area contributed by atoms with Crippen LogP contribution < -0.4 is 14.8 Å². The maximum Gasteiger partial charge on any atom is 0.277 e. The van der Waals surface area contributed by atoms with Crippen molar-refractivity contribution in [2.45, 2.75) is 5.22 Å². The molecule has 3 aromatic rings. The van der Waals surface area contributed by atoms with Crippen LogP contribution in [0.5, 0.6) is 11.5 Å². The molecular weight excluding hydrogens is 368 g/mol. The third-order valence-corrected chi connectivity index (χ3v) is 4.47. The Balaban J connectivity index is 1.35. The van der Waals surface area contributed by atoms with E-state index in [0.717, 1.165) is 11.8 Å². The van der Waals surface area contributed by atoms with Crippen LogP contribution in [0.1, 0.15) is 5.56 Å². The summed E-state index contributed by atoms with van der Waals surface area (Å²) >= 11 is 1.14. The topological polar surface area (TPSA) is 110 Å². The van der Waals surface area contributed by atoms with Crippen molar-refractivity contribution >= 4 is 23.4 Å².